The van der Waals surface area contributed by atoms with Gasteiger partial charge < -0.3 is 10.2 Å². The first-order chi connectivity index (χ1) is 16.4. The Morgan fingerprint density at radius 3 is 2.35 bits per heavy atom. The van der Waals surface area contributed by atoms with E-state index in [0.717, 1.165) is 36.8 Å². The molecule has 2 amide bonds. The molecule has 0 spiro atoms. The summed E-state index contributed by atoms with van der Waals surface area (Å²) in [5.74, 6) is 0.694. The van der Waals surface area contributed by atoms with Crippen LogP contribution >= 0.6 is 46.6 Å². The number of benzene rings is 2. The van der Waals surface area contributed by atoms with E-state index >= 15 is 0 Å². The lowest BCUT2D eigenvalue weighted by Crippen LogP contribution is -2.52. The van der Waals surface area contributed by atoms with Crippen LogP contribution in [0.5, 0.6) is 0 Å². The molecule has 1 fully saturated rings. The van der Waals surface area contributed by atoms with Gasteiger partial charge in [-0.3, -0.25) is 9.59 Å². The first-order valence-electron chi connectivity index (χ1n) is 11.7. The zero-order valence-electron chi connectivity index (χ0n) is 19.4. The summed E-state index contributed by atoms with van der Waals surface area (Å²) in [7, 11) is 0. The van der Waals surface area contributed by atoms with Gasteiger partial charge in [0.15, 0.2) is 0 Å². The molecular formula is C26H31Cl3N2O2S. The van der Waals surface area contributed by atoms with Crippen LogP contribution in [0.2, 0.25) is 15.1 Å². The molecule has 3 rings (SSSR count). The van der Waals surface area contributed by atoms with Gasteiger partial charge in [-0.15, -0.1) is 11.8 Å². The lowest BCUT2D eigenvalue weighted by Gasteiger charge is -2.32. The molecule has 2 aromatic carbocycles. The highest BCUT2D eigenvalue weighted by Crippen LogP contribution is 2.26. The van der Waals surface area contributed by atoms with Crippen LogP contribution < -0.4 is 5.32 Å². The molecule has 1 saturated carbocycles. The van der Waals surface area contributed by atoms with Crippen LogP contribution in [0.4, 0.5) is 0 Å². The van der Waals surface area contributed by atoms with Crippen molar-refractivity contribution in [1.29, 1.82) is 0 Å². The Morgan fingerprint density at radius 1 is 1.03 bits per heavy atom. The lowest BCUT2D eigenvalue weighted by molar-refractivity contribution is -0.139. The Kier molecular flexibility index (Phi) is 10.9. The zero-order valence-corrected chi connectivity index (χ0v) is 22.5. The Bertz CT molecular complexity index is 965. The first kappa shape index (κ1) is 27.2. The number of hydrogen-bond acceptors (Lipinski definition) is 3. The molecule has 0 radical (unpaired) electrons. The summed E-state index contributed by atoms with van der Waals surface area (Å²) in [6.45, 7) is 2.31. The summed E-state index contributed by atoms with van der Waals surface area (Å²) in [6, 6.07) is 12.5. The van der Waals surface area contributed by atoms with Gasteiger partial charge in [0.05, 0.1) is 5.75 Å². The van der Waals surface area contributed by atoms with Crippen molar-refractivity contribution < 1.29 is 9.59 Å². The molecule has 0 aromatic heterocycles. The van der Waals surface area contributed by atoms with Gasteiger partial charge in [0, 0.05) is 33.4 Å². The van der Waals surface area contributed by atoms with E-state index in [4.69, 9.17) is 34.8 Å². The Balaban J connectivity index is 1.70. The average molecular weight is 542 g/mol. The number of nitrogens with zero attached hydrogens (tertiary/aromatic N) is 1. The fraction of sp³-hybridized carbons (Fsp3) is 0.462. The molecule has 184 valence electrons. The standard InChI is InChI=1S/C26H31Cl3N2O2S/c1-2-24(26(33)30-22-6-4-3-5-7-22)31(15-18-8-11-20(27)12-9-18)25(32)17-34-16-19-10-13-21(28)14-23(19)29/h8-14,22,24H,2-7,15-17H2,1H3,(H,30,33). The number of hydrogen-bond donors (Lipinski definition) is 1. The Morgan fingerprint density at radius 2 is 1.71 bits per heavy atom. The molecule has 1 aliphatic rings. The fourth-order valence-corrected chi connectivity index (χ4v) is 5.81. The molecule has 0 saturated heterocycles. The first-order valence-corrected chi connectivity index (χ1v) is 14.0. The Hall–Kier alpha value is -1.40. The topological polar surface area (TPSA) is 49.4 Å². The second kappa shape index (κ2) is 13.6. The van der Waals surface area contributed by atoms with Gasteiger partial charge in [-0.25, -0.2) is 0 Å². The van der Waals surface area contributed by atoms with E-state index in [1.54, 1.807) is 29.2 Å². The highest BCUT2D eigenvalue weighted by molar-refractivity contribution is 7.99. The minimum atomic E-state index is -0.523. The third-order valence-electron chi connectivity index (χ3n) is 6.10. The number of carbonyl (C=O) groups excluding carboxylic acids is 2. The van der Waals surface area contributed by atoms with Crippen molar-refractivity contribution in [3.05, 3.63) is 68.7 Å². The van der Waals surface area contributed by atoms with Gasteiger partial charge in [-0.05, 0) is 54.7 Å². The van der Waals surface area contributed by atoms with Crippen molar-refractivity contribution in [2.24, 2.45) is 0 Å². The van der Waals surface area contributed by atoms with E-state index in [0.29, 0.717) is 33.8 Å². The maximum Gasteiger partial charge on any atom is 0.243 e. The minimum Gasteiger partial charge on any atom is -0.352 e. The van der Waals surface area contributed by atoms with E-state index in [9.17, 15) is 9.59 Å². The maximum absolute atomic E-state index is 13.4. The van der Waals surface area contributed by atoms with Gasteiger partial charge in [-0.2, -0.15) is 0 Å². The third-order valence-corrected chi connectivity index (χ3v) is 7.91. The fourth-order valence-electron chi connectivity index (χ4n) is 4.22. The summed E-state index contributed by atoms with van der Waals surface area (Å²) in [5, 5.41) is 5.01. The van der Waals surface area contributed by atoms with Crippen LogP contribution in [0.1, 0.15) is 56.6 Å². The molecule has 1 unspecified atom stereocenters. The smallest absolute Gasteiger partial charge is 0.243 e. The van der Waals surface area contributed by atoms with Crippen molar-refractivity contribution in [2.45, 2.75) is 69.8 Å². The van der Waals surface area contributed by atoms with Crippen LogP contribution in [-0.4, -0.2) is 34.6 Å². The molecule has 8 heteroatoms. The van der Waals surface area contributed by atoms with Crippen LogP contribution in [0, 0.1) is 0 Å². The minimum absolute atomic E-state index is 0.0672. The number of carbonyl (C=O) groups is 2. The normalized spacial score (nSPS) is 15.1. The van der Waals surface area contributed by atoms with Crippen LogP contribution in [-0.2, 0) is 21.9 Å². The molecule has 1 N–H and O–H groups in total. The molecule has 0 aliphatic heterocycles. The van der Waals surface area contributed by atoms with Crippen molar-refractivity contribution in [3.63, 3.8) is 0 Å². The van der Waals surface area contributed by atoms with Gasteiger partial charge in [0.25, 0.3) is 0 Å². The monoisotopic (exact) mass is 540 g/mol. The zero-order chi connectivity index (χ0) is 24.5. The number of thioether (sulfide) groups is 1. The van der Waals surface area contributed by atoms with Crippen molar-refractivity contribution in [2.75, 3.05) is 5.75 Å². The molecule has 2 aromatic rings. The van der Waals surface area contributed by atoms with Gasteiger partial charge in [-0.1, -0.05) is 79.2 Å². The quantitative estimate of drug-likeness (QED) is 0.348. The van der Waals surface area contributed by atoms with Crippen LogP contribution in [0.25, 0.3) is 0 Å². The molecule has 4 nitrogen and oxygen atoms in total. The average Bonchev–Trinajstić information content (AvgIpc) is 2.82. The molecule has 0 heterocycles. The van der Waals surface area contributed by atoms with E-state index < -0.39 is 6.04 Å². The molecule has 34 heavy (non-hydrogen) atoms. The number of halogens is 3. The largest absolute Gasteiger partial charge is 0.352 e. The second-order valence-corrected chi connectivity index (χ2v) is 10.9. The predicted octanol–water partition coefficient (Wildman–Crippen LogP) is 7.14. The van der Waals surface area contributed by atoms with Gasteiger partial charge >= 0.3 is 0 Å². The highest BCUT2D eigenvalue weighted by Gasteiger charge is 2.30. The van der Waals surface area contributed by atoms with E-state index in [2.05, 4.69) is 5.32 Å². The second-order valence-electron chi connectivity index (χ2n) is 8.64. The summed E-state index contributed by atoms with van der Waals surface area (Å²) < 4.78 is 0. The van der Waals surface area contributed by atoms with Crippen molar-refractivity contribution in [3.8, 4) is 0 Å². The van der Waals surface area contributed by atoms with E-state index in [1.165, 1.54) is 18.2 Å². The summed E-state index contributed by atoms with van der Waals surface area (Å²) >= 11 is 19.8. The summed E-state index contributed by atoms with van der Waals surface area (Å²) in [4.78, 5) is 28.3. The number of rotatable bonds is 10. The number of amides is 2. The third kappa shape index (κ3) is 8.08. The van der Waals surface area contributed by atoms with E-state index in [1.807, 2.05) is 25.1 Å². The molecule has 0 bridgehead atoms. The molecule has 1 aliphatic carbocycles. The maximum atomic E-state index is 13.4. The van der Waals surface area contributed by atoms with Gasteiger partial charge in [0.2, 0.25) is 11.8 Å². The molecule has 1 atom stereocenters. The Labute approximate surface area is 221 Å². The van der Waals surface area contributed by atoms with Crippen LogP contribution in [0.15, 0.2) is 42.5 Å². The SMILES string of the molecule is CCC(C(=O)NC1CCCCC1)N(Cc1ccc(Cl)cc1)C(=O)CSCc1ccc(Cl)cc1Cl. The number of nitrogens with one attached hydrogen (secondary N) is 1. The highest BCUT2D eigenvalue weighted by atomic mass is 35.5. The van der Waals surface area contributed by atoms with Crippen molar-refractivity contribution >= 4 is 58.4 Å². The van der Waals surface area contributed by atoms with Crippen LogP contribution in [0.3, 0.4) is 0 Å². The van der Waals surface area contributed by atoms with Crippen molar-refractivity contribution in [1.82, 2.24) is 10.2 Å². The summed E-state index contributed by atoms with van der Waals surface area (Å²) in [5.41, 5.74) is 1.86. The summed E-state index contributed by atoms with van der Waals surface area (Å²) in [6.07, 6.45) is 6.05. The van der Waals surface area contributed by atoms with Gasteiger partial charge in [0.1, 0.15) is 6.04 Å². The lowest BCUT2D eigenvalue weighted by atomic mass is 9.95. The van der Waals surface area contributed by atoms with E-state index in [-0.39, 0.29) is 23.6 Å². The molecular weight excluding hydrogens is 511 g/mol. The predicted molar refractivity (Wildman–Crippen MR) is 144 cm³/mol.